The van der Waals surface area contributed by atoms with Crippen molar-refractivity contribution in [2.45, 2.75) is 26.2 Å². The Morgan fingerprint density at radius 1 is 1.73 bits per heavy atom. The van der Waals surface area contributed by atoms with Crippen LogP contribution in [0.25, 0.3) is 0 Å². The number of rotatable bonds is 4. The van der Waals surface area contributed by atoms with E-state index in [1.54, 1.807) is 0 Å². The van der Waals surface area contributed by atoms with E-state index in [1.165, 1.54) is 0 Å². The lowest BCUT2D eigenvalue weighted by molar-refractivity contribution is -0.123. The third kappa shape index (κ3) is 3.88. The van der Waals surface area contributed by atoms with Crippen LogP contribution in [-0.2, 0) is 9.53 Å². The Hall–Kier alpha value is -1.08. The number of carbonyl (C=O) groups is 1. The van der Waals surface area contributed by atoms with Gasteiger partial charge in [0.25, 0.3) is 0 Å². The molecule has 84 valence electrons. The zero-order valence-corrected chi connectivity index (χ0v) is 9.16. The van der Waals surface area contributed by atoms with E-state index in [1.807, 2.05) is 13.0 Å². The number of amides is 1. The molecule has 0 aromatic heterocycles. The van der Waals surface area contributed by atoms with Crippen molar-refractivity contribution in [2.75, 3.05) is 19.8 Å². The molecule has 0 aromatic rings. The largest absolute Gasteiger partial charge is 0.381 e. The Morgan fingerprint density at radius 2 is 2.53 bits per heavy atom. The molecule has 15 heavy (non-hydrogen) atoms. The molecule has 1 aliphatic rings. The summed E-state index contributed by atoms with van der Waals surface area (Å²) in [6, 6.07) is 2.00. The summed E-state index contributed by atoms with van der Waals surface area (Å²) >= 11 is 0. The van der Waals surface area contributed by atoms with Gasteiger partial charge in [0.15, 0.2) is 0 Å². The Balaban J connectivity index is 2.23. The first kappa shape index (κ1) is 12.0. The van der Waals surface area contributed by atoms with E-state index >= 15 is 0 Å². The SMILES string of the molecule is CCC(C#N)C(=O)NCC1CCCOC1. The number of ether oxygens (including phenoxy) is 1. The van der Waals surface area contributed by atoms with Gasteiger partial charge in [0, 0.05) is 13.2 Å². The van der Waals surface area contributed by atoms with E-state index in [-0.39, 0.29) is 5.91 Å². The zero-order valence-electron chi connectivity index (χ0n) is 9.16. The molecule has 4 nitrogen and oxygen atoms in total. The fraction of sp³-hybridized carbons (Fsp3) is 0.818. The Labute approximate surface area is 90.6 Å². The van der Waals surface area contributed by atoms with Gasteiger partial charge < -0.3 is 10.1 Å². The number of nitrogens with zero attached hydrogens (tertiary/aromatic N) is 1. The standard InChI is InChI=1S/C11H18N2O2/c1-2-10(6-12)11(14)13-7-9-4-3-5-15-8-9/h9-10H,2-5,7-8H2,1H3,(H,13,14). The van der Waals surface area contributed by atoms with Crippen LogP contribution in [0.15, 0.2) is 0 Å². The van der Waals surface area contributed by atoms with Gasteiger partial charge in [-0.2, -0.15) is 5.26 Å². The molecule has 0 saturated carbocycles. The molecule has 1 heterocycles. The van der Waals surface area contributed by atoms with Gasteiger partial charge in [-0.1, -0.05) is 6.92 Å². The number of hydrogen-bond donors (Lipinski definition) is 1. The second kappa shape index (κ2) is 6.41. The molecule has 0 aliphatic carbocycles. The van der Waals surface area contributed by atoms with Gasteiger partial charge in [0.2, 0.25) is 5.91 Å². The molecule has 0 spiro atoms. The van der Waals surface area contributed by atoms with Crippen LogP contribution < -0.4 is 5.32 Å². The fourth-order valence-corrected chi connectivity index (χ4v) is 1.67. The smallest absolute Gasteiger partial charge is 0.237 e. The summed E-state index contributed by atoms with van der Waals surface area (Å²) in [6.45, 7) is 4.04. The maximum atomic E-state index is 11.5. The summed E-state index contributed by atoms with van der Waals surface area (Å²) in [6.07, 6.45) is 2.74. The molecular formula is C11H18N2O2. The predicted octanol–water partition coefficient (Wildman–Crippen LogP) is 1.08. The van der Waals surface area contributed by atoms with Crippen molar-refractivity contribution in [1.29, 1.82) is 5.26 Å². The van der Waals surface area contributed by atoms with Crippen molar-refractivity contribution in [2.24, 2.45) is 11.8 Å². The van der Waals surface area contributed by atoms with Crippen LogP contribution >= 0.6 is 0 Å². The van der Waals surface area contributed by atoms with Crippen molar-refractivity contribution in [1.82, 2.24) is 5.32 Å². The van der Waals surface area contributed by atoms with Crippen LogP contribution in [0.5, 0.6) is 0 Å². The lowest BCUT2D eigenvalue weighted by Crippen LogP contribution is -2.36. The maximum absolute atomic E-state index is 11.5. The lowest BCUT2D eigenvalue weighted by atomic mass is 10.0. The molecule has 2 unspecified atom stereocenters. The molecule has 1 rings (SSSR count). The van der Waals surface area contributed by atoms with Gasteiger partial charge in [-0.05, 0) is 25.2 Å². The normalized spacial score (nSPS) is 22.8. The van der Waals surface area contributed by atoms with Crippen molar-refractivity contribution < 1.29 is 9.53 Å². The van der Waals surface area contributed by atoms with Crippen LogP contribution in [0.1, 0.15) is 26.2 Å². The zero-order chi connectivity index (χ0) is 11.1. The van der Waals surface area contributed by atoms with Crippen LogP contribution in [0, 0.1) is 23.2 Å². The van der Waals surface area contributed by atoms with Gasteiger partial charge in [0.05, 0.1) is 12.7 Å². The Bertz CT molecular complexity index is 241. The summed E-state index contributed by atoms with van der Waals surface area (Å²) in [5.74, 6) is -0.237. The second-order valence-electron chi connectivity index (χ2n) is 3.92. The minimum Gasteiger partial charge on any atom is -0.381 e. The van der Waals surface area contributed by atoms with E-state index in [4.69, 9.17) is 10.00 Å². The van der Waals surface area contributed by atoms with Gasteiger partial charge in [0.1, 0.15) is 5.92 Å². The highest BCUT2D eigenvalue weighted by molar-refractivity contribution is 5.80. The van der Waals surface area contributed by atoms with E-state index in [2.05, 4.69) is 5.32 Å². The predicted molar refractivity (Wildman–Crippen MR) is 55.9 cm³/mol. The summed E-state index contributed by atoms with van der Waals surface area (Å²) in [4.78, 5) is 11.5. The molecule has 1 N–H and O–H groups in total. The highest BCUT2D eigenvalue weighted by atomic mass is 16.5. The van der Waals surface area contributed by atoms with E-state index < -0.39 is 5.92 Å². The van der Waals surface area contributed by atoms with Crippen LogP contribution in [0.2, 0.25) is 0 Å². The molecule has 1 amide bonds. The highest BCUT2D eigenvalue weighted by Gasteiger charge is 2.18. The molecule has 4 heteroatoms. The van der Waals surface area contributed by atoms with Gasteiger partial charge in [-0.3, -0.25) is 4.79 Å². The average molecular weight is 210 g/mol. The molecule has 1 saturated heterocycles. The number of carbonyl (C=O) groups excluding carboxylic acids is 1. The number of nitriles is 1. The molecule has 0 radical (unpaired) electrons. The molecule has 1 aliphatic heterocycles. The highest BCUT2D eigenvalue weighted by Crippen LogP contribution is 2.12. The van der Waals surface area contributed by atoms with Crippen LogP contribution in [0.3, 0.4) is 0 Å². The van der Waals surface area contributed by atoms with Crippen molar-refractivity contribution >= 4 is 5.91 Å². The first-order valence-electron chi connectivity index (χ1n) is 5.53. The molecule has 0 aromatic carbocycles. The molecule has 1 fully saturated rings. The van der Waals surface area contributed by atoms with E-state index in [0.717, 1.165) is 26.1 Å². The summed E-state index contributed by atoms with van der Waals surface area (Å²) in [5, 5.41) is 11.5. The fourth-order valence-electron chi connectivity index (χ4n) is 1.67. The minimum atomic E-state index is -0.505. The van der Waals surface area contributed by atoms with E-state index in [0.29, 0.717) is 18.9 Å². The first-order chi connectivity index (χ1) is 7.27. The van der Waals surface area contributed by atoms with Crippen LogP contribution in [-0.4, -0.2) is 25.7 Å². The lowest BCUT2D eigenvalue weighted by Gasteiger charge is -2.22. The minimum absolute atomic E-state index is 0.148. The van der Waals surface area contributed by atoms with Crippen molar-refractivity contribution in [3.8, 4) is 6.07 Å². The molecular weight excluding hydrogens is 192 g/mol. The van der Waals surface area contributed by atoms with Crippen LogP contribution in [0.4, 0.5) is 0 Å². The quantitative estimate of drug-likeness (QED) is 0.755. The van der Waals surface area contributed by atoms with Gasteiger partial charge >= 0.3 is 0 Å². The first-order valence-corrected chi connectivity index (χ1v) is 5.53. The van der Waals surface area contributed by atoms with Crippen molar-refractivity contribution in [3.63, 3.8) is 0 Å². The topological polar surface area (TPSA) is 62.1 Å². The number of nitrogens with one attached hydrogen (secondary N) is 1. The molecule has 0 bridgehead atoms. The van der Waals surface area contributed by atoms with E-state index in [9.17, 15) is 4.79 Å². The third-order valence-corrected chi connectivity index (χ3v) is 2.70. The monoisotopic (exact) mass is 210 g/mol. The summed E-state index contributed by atoms with van der Waals surface area (Å²) in [7, 11) is 0. The third-order valence-electron chi connectivity index (χ3n) is 2.70. The second-order valence-corrected chi connectivity index (χ2v) is 3.92. The Kier molecular flexibility index (Phi) is 5.13. The molecule has 2 atom stereocenters. The summed E-state index contributed by atoms with van der Waals surface area (Å²) in [5.41, 5.74) is 0. The number of hydrogen-bond acceptors (Lipinski definition) is 3. The Morgan fingerprint density at radius 3 is 3.07 bits per heavy atom. The maximum Gasteiger partial charge on any atom is 0.237 e. The van der Waals surface area contributed by atoms with Gasteiger partial charge in [-0.15, -0.1) is 0 Å². The summed E-state index contributed by atoms with van der Waals surface area (Å²) < 4.78 is 5.31. The van der Waals surface area contributed by atoms with Crippen molar-refractivity contribution in [3.05, 3.63) is 0 Å². The average Bonchev–Trinajstić information content (AvgIpc) is 2.29. The van der Waals surface area contributed by atoms with Gasteiger partial charge in [-0.25, -0.2) is 0 Å².